The number of carbonyl (C=O) groups excluding carboxylic acids is 2. The van der Waals surface area contributed by atoms with Gasteiger partial charge in [0.25, 0.3) is 5.91 Å². The fraction of sp³-hybridized carbons (Fsp3) is 0.250. The van der Waals surface area contributed by atoms with E-state index in [9.17, 15) is 9.59 Å². The minimum absolute atomic E-state index is 0.133. The van der Waals surface area contributed by atoms with Crippen molar-refractivity contribution in [1.82, 2.24) is 4.98 Å². The van der Waals surface area contributed by atoms with Gasteiger partial charge in [-0.15, -0.1) is 6.58 Å². The second kappa shape index (κ2) is 10.1. The van der Waals surface area contributed by atoms with E-state index in [1.54, 1.807) is 19.1 Å². The average Bonchev–Trinajstić information content (AvgIpc) is 2.72. The molecule has 2 rings (SSSR count). The SMILES string of the molecule is C=CCc1cc(C(=O)OCC(=O)Nc2ncc(Cl)c(C)c2Cl)cc(OC)c1OC. The summed E-state index contributed by atoms with van der Waals surface area (Å²) in [6.07, 6.45) is 3.50. The summed E-state index contributed by atoms with van der Waals surface area (Å²) in [6.45, 7) is 4.86. The van der Waals surface area contributed by atoms with E-state index in [0.29, 0.717) is 34.1 Å². The molecule has 0 unspecified atom stereocenters. The molecule has 0 fully saturated rings. The van der Waals surface area contributed by atoms with Gasteiger partial charge in [0.2, 0.25) is 0 Å². The van der Waals surface area contributed by atoms with Crippen LogP contribution in [0.4, 0.5) is 5.82 Å². The van der Waals surface area contributed by atoms with Crippen LogP contribution in [0.15, 0.2) is 31.0 Å². The molecule has 2 aromatic rings. The van der Waals surface area contributed by atoms with Gasteiger partial charge >= 0.3 is 5.97 Å². The van der Waals surface area contributed by atoms with E-state index >= 15 is 0 Å². The number of hydrogen-bond donors (Lipinski definition) is 1. The predicted octanol–water partition coefficient (Wildman–Crippen LogP) is 4.24. The van der Waals surface area contributed by atoms with Gasteiger partial charge in [0.05, 0.1) is 29.8 Å². The number of nitrogens with one attached hydrogen (secondary N) is 1. The summed E-state index contributed by atoms with van der Waals surface area (Å²) in [5.74, 6) is -0.288. The average molecular weight is 439 g/mol. The van der Waals surface area contributed by atoms with E-state index in [1.165, 1.54) is 26.5 Å². The third-order valence-electron chi connectivity index (χ3n) is 3.95. The van der Waals surface area contributed by atoms with E-state index < -0.39 is 18.5 Å². The van der Waals surface area contributed by atoms with Crippen molar-refractivity contribution in [3.8, 4) is 11.5 Å². The number of benzene rings is 1. The molecule has 1 aromatic heterocycles. The summed E-state index contributed by atoms with van der Waals surface area (Å²) in [6, 6.07) is 3.08. The molecule has 0 aliphatic heterocycles. The van der Waals surface area contributed by atoms with Crippen LogP contribution in [0.1, 0.15) is 21.5 Å². The van der Waals surface area contributed by atoms with Gasteiger partial charge in [-0.25, -0.2) is 9.78 Å². The quantitative estimate of drug-likeness (QED) is 0.489. The number of ether oxygens (including phenoxy) is 3. The number of anilines is 1. The van der Waals surface area contributed by atoms with Crippen LogP contribution in [0, 0.1) is 6.92 Å². The molecule has 1 N–H and O–H groups in total. The highest BCUT2D eigenvalue weighted by molar-refractivity contribution is 6.37. The van der Waals surface area contributed by atoms with E-state index in [0.717, 1.165) is 0 Å². The van der Waals surface area contributed by atoms with Gasteiger partial charge in [-0.05, 0) is 31.0 Å². The Morgan fingerprint density at radius 3 is 2.59 bits per heavy atom. The summed E-state index contributed by atoms with van der Waals surface area (Å²) in [5.41, 5.74) is 1.49. The molecule has 0 saturated heterocycles. The molecule has 0 spiro atoms. The molecule has 0 aliphatic carbocycles. The van der Waals surface area contributed by atoms with Gasteiger partial charge < -0.3 is 19.5 Å². The maximum Gasteiger partial charge on any atom is 0.338 e. The number of hydrogen-bond acceptors (Lipinski definition) is 6. The minimum Gasteiger partial charge on any atom is -0.493 e. The number of halogens is 2. The van der Waals surface area contributed by atoms with Crippen LogP contribution >= 0.6 is 23.2 Å². The fourth-order valence-corrected chi connectivity index (χ4v) is 2.88. The first-order chi connectivity index (χ1) is 13.8. The van der Waals surface area contributed by atoms with Crippen LogP contribution in [-0.2, 0) is 16.0 Å². The Kier molecular flexibility index (Phi) is 7.87. The molecule has 1 amide bonds. The molecule has 0 atom stereocenters. The third kappa shape index (κ3) is 5.40. The Morgan fingerprint density at radius 2 is 1.97 bits per heavy atom. The summed E-state index contributed by atoms with van der Waals surface area (Å²) in [4.78, 5) is 28.5. The van der Waals surface area contributed by atoms with Crippen molar-refractivity contribution >= 4 is 40.9 Å². The molecular formula is C20H20Cl2N2O5. The van der Waals surface area contributed by atoms with Crippen molar-refractivity contribution in [2.45, 2.75) is 13.3 Å². The zero-order valence-corrected chi connectivity index (χ0v) is 17.7. The van der Waals surface area contributed by atoms with Crippen molar-refractivity contribution in [2.75, 3.05) is 26.1 Å². The van der Waals surface area contributed by atoms with Gasteiger partial charge in [0.1, 0.15) is 0 Å². The lowest BCUT2D eigenvalue weighted by Crippen LogP contribution is -2.22. The van der Waals surface area contributed by atoms with Crippen LogP contribution in [0.25, 0.3) is 0 Å². The molecule has 29 heavy (non-hydrogen) atoms. The minimum atomic E-state index is -0.697. The lowest BCUT2D eigenvalue weighted by molar-refractivity contribution is -0.119. The normalized spacial score (nSPS) is 10.2. The fourth-order valence-electron chi connectivity index (χ4n) is 2.50. The van der Waals surface area contributed by atoms with Crippen molar-refractivity contribution < 1.29 is 23.8 Å². The topological polar surface area (TPSA) is 86.8 Å². The second-order valence-corrected chi connectivity index (χ2v) is 6.67. The first-order valence-corrected chi connectivity index (χ1v) is 9.21. The van der Waals surface area contributed by atoms with Crippen molar-refractivity contribution in [2.24, 2.45) is 0 Å². The van der Waals surface area contributed by atoms with Crippen molar-refractivity contribution in [1.29, 1.82) is 0 Å². The largest absolute Gasteiger partial charge is 0.493 e. The van der Waals surface area contributed by atoms with Crippen LogP contribution in [-0.4, -0.2) is 37.7 Å². The lowest BCUT2D eigenvalue weighted by atomic mass is 10.1. The van der Waals surface area contributed by atoms with Crippen LogP contribution in [0.5, 0.6) is 11.5 Å². The molecule has 0 aliphatic rings. The Hall–Kier alpha value is -2.77. The molecule has 154 valence electrons. The molecule has 1 aromatic carbocycles. The standard InChI is InChI=1S/C20H20Cl2N2O5/c1-5-6-12-7-13(8-15(27-3)18(12)28-4)20(26)29-10-16(25)24-19-17(22)11(2)14(21)9-23-19/h5,7-9H,1,6,10H2,2-4H3,(H,23,24,25). The van der Waals surface area contributed by atoms with E-state index in [2.05, 4.69) is 16.9 Å². The number of rotatable bonds is 8. The predicted molar refractivity (Wildman–Crippen MR) is 111 cm³/mol. The molecule has 0 radical (unpaired) electrons. The van der Waals surface area contributed by atoms with Gasteiger partial charge in [-0.2, -0.15) is 0 Å². The highest BCUT2D eigenvalue weighted by Crippen LogP contribution is 2.33. The third-order valence-corrected chi connectivity index (χ3v) is 4.79. The number of nitrogens with zero attached hydrogens (tertiary/aromatic N) is 1. The maximum absolute atomic E-state index is 12.4. The first kappa shape index (κ1) is 22.5. The lowest BCUT2D eigenvalue weighted by Gasteiger charge is -2.14. The number of methoxy groups -OCH3 is 2. The van der Waals surface area contributed by atoms with E-state index in [1.807, 2.05) is 0 Å². The molecule has 9 heteroatoms. The molecule has 0 saturated carbocycles. The summed E-state index contributed by atoms with van der Waals surface area (Å²) in [7, 11) is 2.97. The second-order valence-electron chi connectivity index (χ2n) is 5.88. The molecular weight excluding hydrogens is 419 g/mol. The highest BCUT2D eigenvalue weighted by Gasteiger charge is 2.18. The van der Waals surface area contributed by atoms with E-state index in [4.69, 9.17) is 37.4 Å². The van der Waals surface area contributed by atoms with Crippen LogP contribution in [0.3, 0.4) is 0 Å². The van der Waals surface area contributed by atoms with Gasteiger partial charge in [0.15, 0.2) is 23.9 Å². The Balaban J connectivity index is 2.10. The summed E-state index contributed by atoms with van der Waals surface area (Å²) >= 11 is 12.0. The van der Waals surface area contributed by atoms with Gasteiger partial charge in [-0.3, -0.25) is 4.79 Å². The number of amides is 1. The zero-order chi connectivity index (χ0) is 21.6. The molecule has 1 heterocycles. The van der Waals surface area contributed by atoms with Crippen molar-refractivity contribution in [3.63, 3.8) is 0 Å². The first-order valence-electron chi connectivity index (χ1n) is 8.45. The summed E-state index contributed by atoms with van der Waals surface area (Å²) in [5, 5.41) is 3.07. The molecule has 7 nitrogen and oxygen atoms in total. The summed E-state index contributed by atoms with van der Waals surface area (Å²) < 4.78 is 15.7. The Bertz CT molecular complexity index is 947. The van der Waals surface area contributed by atoms with E-state index in [-0.39, 0.29) is 16.4 Å². The Morgan fingerprint density at radius 1 is 1.24 bits per heavy atom. The monoisotopic (exact) mass is 438 g/mol. The van der Waals surface area contributed by atoms with Crippen molar-refractivity contribution in [3.05, 3.63) is 57.7 Å². The smallest absolute Gasteiger partial charge is 0.338 e. The maximum atomic E-state index is 12.4. The van der Waals surface area contributed by atoms with Crippen LogP contribution in [0.2, 0.25) is 10.0 Å². The number of carbonyl (C=O) groups is 2. The zero-order valence-electron chi connectivity index (χ0n) is 16.2. The van der Waals surface area contributed by atoms with Gasteiger partial charge in [-0.1, -0.05) is 29.3 Å². The number of aromatic nitrogens is 1. The number of allylic oxidation sites excluding steroid dienone is 1. The number of esters is 1. The number of pyridine rings is 1. The molecule has 0 bridgehead atoms. The van der Waals surface area contributed by atoms with Crippen LogP contribution < -0.4 is 14.8 Å². The Labute approximate surface area is 178 Å². The highest BCUT2D eigenvalue weighted by atomic mass is 35.5. The van der Waals surface area contributed by atoms with Gasteiger partial charge in [0, 0.05) is 11.8 Å².